The van der Waals surface area contributed by atoms with Crippen LogP contribution in [0.4, 0.5) is 0 Å². The molecule has 0 unspecified atom stereocenters. The number of H-pyrrole nitrogens is 1. The summed E-state index contributed by atoms with van der Waals surface area (Å²) >= 11 is 0. The van der Waals surface area contributed by atoms with E-state index in [-0.39, 0.29) is 17.7 Å². The van der Waals surface area contributed by atoms with Gasteiger partial charge in [0, 0.05) is 23.5 Å². The maximum atomic E-state index is 11.8. The molecular formula is C13H14N2O3. The van der Waals surface area contributed by atoms with Crippen LogP contribution in [-0.2, 0) is 0 Å². The van der Waals surface area contributed by atoms with Crippen LogP contribution in [0, 0.1) is 0 Å². The number of para-hydroxylation sites is 1. The molecule has 0 radical (unpaired) electrons. The SMILES string of the molecule is C[C@@H](O)CNC(=O)c1cc(=O)c2ccccc2[nH]1. The first-order valence-electron chi connectivity index (χ1n) is 5.66. The number of aromatic nitrogens is 1. The van der Waals surface area contributed by atoms with E-state index in [0.717, 1.165) is 0 Å². The topological polar surface area (TPSA) is 82.2 Å². The van der Waals surface area contributed by atoms with Gasteiger partial charge in [-0.15, -0.1) is 0 Å². The van der Waals surface area contributed by atoms with Crippen LogP contribution in [0.5, 0.6) is 0 Å². The molecule has 0 saturated carbocycles. The number of carbonyl (C=O) groups is 1. The lowest BCUT2D eigenvalue weighted by Crippen LogP contribution is -2.31. The van der Waals surface area contributed by atoms with Gasteiger partial charge in [-0.25, -0.2) is 0 Å². The minimum Gasteiger partial charge on any atom is -0.392 e. The third-order valence-corrected chi connectivity index (χ3v) is 2.54. The molecule has 1 aromatic heterocycles. The Balaban J connectivity index is 2.35. The molecule has 5 nitrogen and oxygen atoms in total. The second-order valence-corrected chi connectivity index (χ2v) is 4.15. The quantitative estimate of drug-likeness (QED) is 0.743. The summed E-state index contributed by atoms with van der Waals surface area (Å²) in [6.07, 6.45) is -0.624. The zero-order valence-electron chi connectivity index (χ0n) is 9.93. The van der Waals surface area contributed by atoms with E-state index in [9.17, 15) is 9.59 Å². The predicted molar refractivity (Wildman–Crippen MR) is 68.6 cm³/mol. The number of fused-ring (bicyclic) bond motifs is 1. The lowest BCUT2D eigenvalue weighted by atomic mass is 10.2. The summed E-state index contributed by atoms with van der Waals surface area (Å²) in [7, 11) is 0. The Hall–Kier alpha value is -2.14. The van der Waals surface area contributed by atoms with E-state index in [1.165, 1.54) is 6.07 Å². The fraction of sp³-hybridized carbons (Fsp3) is 0.231. The molecule has 5 heteroatoms. The van der Waals surface area contributed by atoms with Crippen molar-refractivity contribution in [1.29, 1.82) is 0 Å². The number of aromatic amines is 1. The third-order valence-electron chi connectivity index (χ3n) is 2.54. The van der Waals surface area contributed by atoms with E-state index in [2.05, 4.69) is 10.3 Å². The monoisotopic (exact) mass is 246 g/mol. The minimum atomic E-state index is -0.624. The van der Waals surface area contributed by atoms with Gasteiger partial charge in [-0.2, -0.15) is 0 Å². The van der Waals surface area contributed by atoms with Gasteiger partial charge in [-0.05, 0) is 19.1 Å². The van der Waals surface area contributed by atoms with Crippen molar-refractivity contribution in [2.24, 2.45) is 0 Å². The molecule has 1 amide bonds. The Morgan fingerprint density at radius 3 is 2.89 bits per heavy atom. The first-order chi connectivity index (χ1) is 8.58. The molecule has 0 fully saturated rings. The largest absolute Gasteiger partial charge is 0.392 e. The molecule has 94 valence electrons. The van der Waals surface area contributed by atoms with Crippen molar-refractivity contribution in [2.45, 2.75) is 13.0 Å². The number of benzene rings is 1. The summed E-state index contributed by atoms with van der Waals surface area (Å²) < 4.78 is 0. The van der Waals surface area contributed by atoms with E-state index in [1.807, 2.05) is 0 Å². The van der Waals surface area contributed by atoms with Gasteiger partial charge < -0.3 is 15.4 Å². The highest BCUT2D eigenvalue weighted by Gasteiger charge is 2.09. The molecule has 2 aromatic rings. The fourth-order valence-electron chi connectivity index (χ4n) is 1.65. The lowest BCUT2D eigenvalue weighted by Gasteiger charge is -2.07. The highest BCUT2D eigenvalue weighted by molar-refractivity contribution is 5.94. The molecule has 0 aliphatic heterocycles. The first-order valence-corrected chi connectivity index (χ1v) is 5.66. The van der Waals surface area contributed by atoms with Crippen LogP contribution in [0.15, 0.2) is 35.1 Å². The molecule has 0 spiro atoms. The van der Waals surface area contributed by atoms with Crippen molar-refractivity contribution in [2.75, 3.05) is 6.54 Å². The number of pyridine rings is 1. The number of aliphatic hydroxyl groups is 1. The molecule has 18 heavy (non-hydrogen) atoms. The van der Waals surface area contributed by atoms with Crippen LogP contribution in [0.1, 0.15) is 17.4 Å². The second kappa shape index (κ2) is 5.01. The van der Waals surface area contributed by atoms with Crippen LogP contribution in [-0.4, -0.2) is 28.6 Å². The maximum Gasteiger partial charge on any atom is 0.267 e. The number of amides is 1. The number of aliphatic hydroxyl groups excluding tert-OH is 1. The zero-order valence-corrected chi connectivity index (χ0v) is 9.93. The Labute approximate surface area is 103 Å². The highest BCUT2D eigenvalue weighted by atomic mass is 16.3. The summed E-state index contributed by atoms with van der Waals surface area (Å²) in [6, 6.07) is 8.26. The summed E-state index contributed by atoms with van der Waals surface area (Å²) in [6.45, 7) is 1.72. The normalized spacial score (nSPS) is 12.3. The van der Waals surface area contributed by atoms with E-state index in [0.29, 0.717) is 10.9 Å². The molecule has 0 aliphatic carbocycles. The standard InChI is InChI=1S/C13H14N2O3/c1-8(16)7-14-13(18)11-6-12(17)9-4-2-3-5-10(9)15-11/h2-6,8,16H,7H2,1H3,(H,14,18)(H,15,17)/t8-/m1/s1. The molecule has 1 aromatic carbocycles. The number of hydrogen-bond acceptors (Lipinski definition) is 3. The van der Waals surface area contributed by atoms with Crippen molar-refractivity contribution >= 4 is 16.8 Å². The molecular weight excluding hydrogens is 232 g/mol. The van der Waals surface area contributed by atoms with Crippen molar-refractivity contribution in [3.05, 3.63) is 46.2 Å². The number of carbonyl (C=O) groups excluding carboxylic acids is 1. The smallest absolute Gasteiger partial charge is 0.267 e. The molecule has 0 aliphatic rings. The van der Waals surface area contributed by atoms with Crippen molar-refractivity contribution < 1.29 is 9.90 Å². The average Bonchev–Trinajstić information content (AvgIpc) is 2.36. The molecule has 1 atom stereocenters. The second-order valence-electron chi connectivity index (χ2n) is 4.15. The van der Waals surface area contributed by atoms with E-state index < -0.39 is 12.0 Å². The first kappa shape index (κ1) is 12.3. The molecule has 2 rings (SSSR count). The Morgan fingerprint density at radius 1 is 1.44 bits per heavy atom. The molecule has 1 heterocycles. The predicted octanol–water partition coefficient (Wildman–Crippen LogP) is 0.639. The Bertz CT molecular complexity index is 631. The highest BCUT2D eigenvalue weighted by Crippen LogP contribution is 2.07. The van der Waals surface area contributed by atoms with Crippen LogP contribution in [0.3, 0.4) is 0 Å². The fourth-order valence-corrected chi connectivity index (χ4v) is 1.65. The van der Waals surface area contributed by atoms with Gasteiger partial charge in [0.25, 0.3) is 5.91 Å². The van der Waals surface area contributed by atoms with Gasteiger partial charge >= 0.3 is 0 Å². The molecule has 0 saturated heterocycles. The zero-order chi connectivity index (χ0) is 13.1. The number of hydrogen-bond donors (Lipinski definition) is 3. The van der Waals surface area contributed by atoms with Crippen LogP contribution >= 0.6 is 0 Å². The van der Waals surface area contributed by atoms with Crippen LogP contribution < -0.4 is 10.7 Å². The van der Waals surface area contributed by atoms with Crippen LogP contribution in [0.25, 0.3) is 10.9 Å². The van der Waals surface area contributed by atoms with Crippen molar-refractivity contribution in [3.63, 3.8) is 0 Å². The van der Waals surface area contributed by atoms with Gasteiger partial charge in [0.1, 0.15) is 5.69 Å². The lowest BCUT2D eigenvalue weighted by molar-refractivity contribution is 0.0919. The van der Waals surface area contributed by atoms with E-state index >= 15 is 0 Å². The summed E-state index contributed by atoms with van der Waals surface area (Å²) in [5.41, 5.74) is 0.609. The number of nitrogens with one attached hydrogen (secondary N) is 2. The van der Waals surface area contributed by atoms with E-state index in [1.54, 1.807) is 31.2 Å². The summed E-state index contributed by atoms with van der Waals surface area (Å²) in [5, 5.41) is 12.2. The average molecular weight is 246 g/mol. The number of rotatable bonds is 3. The summed E-state index contributed by atoms with van der Waals surface area (Å²) in [5.74, 6) is -0.404. The van der Waals surface area contributed by atoms with Gasteiger partial charge in [0.05, 0.1) is 6.10 Å². The van der Waals surface area contributed by atoms with Crippen molar-refractivity contribution in [3.8, 4) is 0 Å². The maximum absolute atomic E-state index is 11.8. The van der Waals surface area contributed by atoms with Gasteiger partial charge in [0.2, 0.25) is 0 Å². The van der Waals surface area contributed by atoms with Gasteiger partial charge in [-0.1, -0.05) is 12.1 Å². The van der Waals surface area contributed by atoms with Crippen LogP contribution in [0.2, 0.25) is 0 Å². The minimum absolute atomic E-state index is 0.147. The Kier molecular flexibility index (Phi) is 3.43. The molecule has 0 bridgehead atoms. The Morgan fingerprint density at radius 2 is 2.17 bits per heavy atom. The van der Waals surface area contributed by atoms with Gasteiger partial charge in [0.15, 0.2) is 5.43 Å². The van der Waals surface area contributed by atoms with Gasteiger partial charge in [-0.3, -0.25) is 9.59 Å². The van der Waals surface area contributed by atoms with E-state index in [4.69, 9.17) is 5.11 Å². The summed E-state index contributed by atoms with van der Waals surface area (Å²) in [4.78, 5) is 26.4. The van der Waals surface area contributed by atoms with Crippen molar-refractivity contribution in [1.82, 2.24) is 10.3 Å². The third kappa shape index (κ3) is 2.57. The molecule has 3 N–H and O–H groups in total.